The van der Waals surface area contributed by atoms with Crippen molar-refractivity contribution in [3.8, 4) is 0 Å². The molecule has 1 aliphatic heterocycles. The second-order valence-corrected chi connectivity index (χ2v) is 4.72. The number of hydrogen-bond acceptors (Lipinski definition) is 5. The first-order valence-corrected chi connectivity index (χ1v) is 5.30. The van der Waals surface area contributed by atoms with Crippen molar-refractivity contribution in [1.29, 1.82) is 0 Å². The zero-order chi connectivity index (χ0) is 7.68. The lowest BCUT2D eigenvalue weighted by Gasteiger charge is -2.03. The minimum Gasteiger partial charge on any atom is -0.299 e. The van der Waals surface area contributed by atoms with Crippen LogP contribution in [0.25, 0.3) is 0 Å². The summed E-state index contributed by atoms with van der Waals surface area (Å²) in [7, 11) is 0. The Balaban J connectivity index is 2.08. The van der Waals surface area contributed by atoms with E-state index in [1.807, 2.05) is 17.1 Å². The summed E-state index contributed by atoms with van der Waals surface area (Å²) in [6.45, 7) is 3.30. The molecule has 1 aliphatic rings. The maximum absolute atomic E-state index is 4.02. The van der Waals surface area contributed by atoms with Gasteiger partial charge in [-0.2, -0.15) is 0 Å². The monoisotopic (exact) mass is 187 g/mol. The van der Waals surface area contributed by atoms with Crippen LogP contribution in [0.4, 0.5) is 0 Å². The third-order valence-corrected chi connectivity index (χ3v) is 3.44. The Hall–Kier alpha value is -0.130. The summed E-state index contributed by atoms with van der Waals surface area (Å²) in [6.07, 6.45) is 0. The van der Waals surface area contributed by atoms with Gasteiger partial charge in [0.1, 0.15) is 5.69 Å². The van der Waals surface area contributed by atoms with Crippen LogP contribution in [-0.2, 0) is 0 Å². The van der Waals surface area contributed by atoms with Gasteiger partial charge >= 0.3 is 0 Å². The molecule has 2 atom stereocenters. The zero-order valence-corrected chi connectivity index (χ0v) is 7.78. The quantitative estimate of drug-likeness (QED) is 0.718. The molecule has 1 fully saturated rings. The normalized spacial score (nSPS) is 31.0. The van der Waals surface area contributed by atoms with Crippen LogP contribution in [-0.4, -0.2) is 21.4 Å². The molecule has 0 amide bonds. The fourth-order valence-corrected chi connectivity index (χ4v) is 2.73. The van der Waals surface area contributed by atoms with Gasteiger partial charge in [-0.1, -0.05) is 11.4 Å². The Bertz CT molecular complexity index is 224. The summed E-state index contributed by atoms with van der Waals surface area (Å²) >= 11 is 3.33. The summed E-state index contributed by atoms with van der Waals surface area (Å²) in [5, 5.41) is 10.5. The van der Waals surface area contributed by atoms with Crippen LogP contribution < -0.4 is 5.32 Å². The molecule has 0 aromatic carbocycles. The first-order chi connectivity index (χ1) is 5.36. The van der Waals surface area contributed by atoms with Crippen LogP contribution in [0.1, 0.15) is 18.0 Å². The summed E-state index contributed by atoms with van der Waals surface area (Å²) in [5.74, 6) is 0. The first kappa shape index (κ1) is 7.52. The highest BCUT2D eigenvalue weighted by Crippen LogP contribution is 2.33. The van der Waals surface area contributed by atoms with Gasteiger partial charge in [0.2, 0.25) is 0 Å². The van der Waals surface area contributed by atoms with E-state index in [2.05, 4.69) is 21.8 Å². The summed E-state index contributed by atoms with van der Waals surface area (Å²) in [5.41, 5.74) is 1.07. The standard InChI is InChI=1S/C6H9N3S2/c1-4-2-7-6(11-4)5-3-10-9-8-5/h3-4,6-7H,2H2,1H3. The van der Waals surface area contributed by atoms with Crippen LogP contribution in [0, 0.1) is 0 Å². The predicted molar refractivity (Wildman–Crippen MR) is 47.7 cm³/mol. The molecule has 1 saturated heterocycles. The fraction of sp³-hybridized carbons (Fsp3) is 0.667. The molecule has 1 aromatic rings. The van der Waals surface area contributed by atoms with Crippen molar-refractivity contribution in [2.45, 2.75) is 17.5 Å². The molecular formula is C6H9N3S2. The van der Waals surface area contributed by atoms with Gasteiger partial charge in [0.05, 0.1) is 5.37 Å². The molecule has 0 saturated carbocycles. The van der Waals surface area contributed by atoms with Crippen molar-refractivity contribution in [1.82, 2.24) is 14.9 Å². The molecule has 2 heterocycles. The van der Waals surface area contributed by atoms with Crippen LogP contribution >= 0.6 is 23.3 Å². The van der Waals surface area contributed by atoms with Gasteiger partial charge in [0.15, 0.2) is 0 Å². The van der Waals surface area contributed by atoms with Crippen LogP contribution in [0.3, 0.4) is 0 Å². The van der Waals surface area contributed by atoms with Crippen LogP contribution in [0.15, 0.2) is 5.38 Å². The average Bonchev–Trinajstić information content (AvgIpc) is 2.55. The average molecular weight is 187 g/mol. The summed E-state index contributed by atoms with van der Waals surface area (Å²) in [4.78, 5) is 0. The Morgan fingerprint density at radius 2 is 2.64 bits per heavy atom. The highest BCUT2D eigenvalue weighted by molar-refractivity contribution is 8.00. The number of hydrogen-bond donors (Lipinski definition) is 1. The molecule has 0 bridgehead atoms. The molecular weight excluding hydrogens is 178 g/mol. The van der Waals surface area contributed by atoms with E-state index in [1.165, 1.54) is 11.5 Å². The molecule has 11 heavy (non-hydrogen) atoms. The molecule has 2 unspecified atom stereocenters. The first-order valence-electron chi connectivity index (χ1n) is 3.52. The second kappa shape index (κ2) is 3.08. The van der Waals surface area contributed by atoms with Crippen LogP contribution in [0.5, 0.6) is 0 Å². The summed E-state index contributed by atoms with van der Waals surface area (Å²) < 4.78 is 3.83. The molecule has 1 N–H and O–H groups in total. The molecule has 5 heteroatoms. The Morgan fingerprint density at radius 3 is 3.18 bits per heavy atom. The predicted octanol–water partition coefficient (Wildman–Crippen LogP) is 1.26. The van der Waals surface area contributed by atoms with Crippen LogP contribution in [0.2, 0.25) is 0 Å². The van der Waals surface area contributed by atoms with Gasteiger partial charge in [-0.3, -0.25) is 5.32 Å². The van der Waals surface area contributed by atoms with Gasteiger partial charge < -0.3 is 0 Å². The van der Waals surface area contributed by atoms with Crippen molar-refractivity contribution in [3.05, 3.63) is 11.1 Å². The van der Waals surface area contributed by atoms with E-state index in [0.717, 1.165) is 12.2 Å². The molecule has 60 valence electrons. The highest BCUT2D eigenvalue weighted by atomic mass is 32.2. The SMILES string of the molecule is CC1CNC(c2csnn2)S1. The van der Waals surface area contributed by atoms with Gasteiger partial charge in [-0.15, -0.1) is 16.9 Å². The van der Waals surface area contributed by atoms with Gasteiger partial charge in [-0.25, -0.2) is 0 Å². The van der Waals surface area contributed by atoms with E-state index >= 15 is 0 Å². The molecule has 3 nitrogen and oxygen atoms in total. The second-order valence-electron chi connectivity index (χ2n) is 2.56. The third kappa shape index (κ3) is 1.55. The minimum atomic E-state index is 0.378. The summed E-state index contributed by atoms with van der Waals surface area (Å²) in [6, 6.07) is 0. The number of nitrogens with one attached hydrogen (secondary N) is 1. The topological polar surface area (TPSA) is 37.8 Å². The Kier molecular flexibility index (Phi) is 2.11. The van der Waals surface area contributed by atoms with Crippen molar-refractivity contribution in [2.24, 2.45) is 0 Å². The van der Waals surface area contributed by atoms with E-state index in [9.17, 15) is 0 Å². The van der Waals surface area contributed by atoms with Crippen molar-refractivity contribution in [3.63, 3.8) is 0 Å². The van der Waals surface area contributed by atoms with Crippen molar-refractivity contribution < 1.29 is 0 Å². The Morgan fingerprint density at radius 1 is 1.73 bits per heavy atom. The largest absolute Gasteiger partial charge is 0.299 e. The number of aromatic nitrogens is 2. The molecule has 0 radical (unpaired) electrons. The van der Waals surface area contributed by atoms with E-state index in [0.29, 0.717) is 10.6 Å². The molecule has 2 rings (SSSR count). The number of rotatable bonds is 1. The van der Waals surface area contributed by atoms with Gasteiger partial charge in [0, 0.05) is 17.2 Å². The maximum atomic E-state index is 4.02. The Labute approximate surface area is 73.7 Å². The fourth-order valence-electron chi connectivity index (χ4n) is 1.06. The number of thioether (sulfide) groups is 1. The highest BCUT2D eigenvalue weighted by Gasteiger charge is 2.24. The van der Waals surface area contributed by atoms with E-state index in [-0.39, 0.29) is 0 Å². The molecule has 0 spiro atoms. The van der Waals surface area contributed by atoms with Crippen molar-refractivity contribution in [2.75, 3.05) is 6.54 Å². The lowest BCUT2D eigenvalue weighted by atomic mass is 10.4. The van der Waals surface area contributed by atoms with Gasteiger partial charge in [-0.05, 0) is 11.5 Å². The van der Waals surface area contributed by atoms with Crippen molar-refractivity contribution >= 4 is 23.3 Å². The lowest BCUT2D eigenvalue weighted by Crippen LogP contribution is -2.14. The van der Waals surface area contributed by atoms with Gasteiger partial charge in [0.25, 0.3) is 0 Å². The maximum Gasteiger partial charge on any atom is 0.103 e. The minimum absolute atomic E-state index is 0.378. The van der Waals surface area contributed by atoms with E-state index < -0.39 is 0 Å². The number of nitrogens with zero attached hydrogens (tertiary/aromatic N) is 2. The smallest absolute Gasteiger partial charge is 0.103 e. The zero-order valence-electron chi connectivity index (χ0n) is 6.15. The molecule has 1 aromatic heterocycles. The van der Waals surface area contributed by atoms with E-state index in [1.54, 1.807) is 0 Å². The van der Waals surface area contributed by atoms with E-state index in [4.69, 9.17) is 0 Å². The third-order valence-electron chi connectivity index (χ3n) is 1.60. The molecule has 0 aliphatic carbocycles. The lowest BCUT2D eigenvalue weighted by molar-refractivity contribution is 0.701.